The first-order valence-corrected chi connectivity index (χ1v) is 4.33. The monoisotopic (exact) mass is 233 g/mol. The number of anilines is 1. The molecule has 0 radical (unpaired) electrons. The van der Waals surface area contributed by atoms with Crippen LogP contribution in [0.3, 0.4) is 0 Å². The van der Waals surface area contributed by atoms with Gasteiger partial charge >= 0.3 is 6.18 Å². The maximum atomic E-state index is 12.7. The lowest BCUT2D eigenvalue weighted by Crippen LogP contribution is -2.15. The van der Waals surface area contributed by atoms with Crippen molar-refractivity contribution < 1.29 is 22.7 Å². The van der Waals surface area contributed by atoms with Gasteiger partial charge in [0.25, 0.3) is 0 Å². The highest BCUT2D eigenvalue weighted by Gasteiger charge is 2.39. The highest BCUT2D eigenvalue weighted by Crippen LogP contribution is 2.40. The summed E-state index contributed by atoms with van der Waals surface area (Å²) in [6, 6.07) is 2.30. The van der Waals surface area contributed by atoms with Crippen molar-refractivity contribution >= 4 is 11.5 Å². The first-order valence-electron chi connectivity index (χ1n) is 4.33. The highest BCUT2D eigenvalue weighted by molar-refractivity contribution is 6.01. The predicted molar refractivity (Wildman–Crippen MR) is 52.4 cm³/mol. The average Bonchev–Trinajstić information content (AvgIpc) is 2.15. The van der Waals surface area contributed by atoms with Crippen molar-refractivity contribution in [1.29, 1.82) is 0 Å². The maximum absolute atomic E-state index is 12.7. The molecule has 0 unspecified atom stereocenters. The Morgan fingerprint density at radius 2 is 1.94 bits per heavy atom. The number of benzene rings is 1. The number of carbonyl (C=O) groups excluding carboxylic acids is 1. The molecule has 1 rings (SSSR count). The Kier molecular flexibility index (Phi) is 3.11. The first-order chi connectivity index (χ1) is 7.29. The van der Waals surface area contributed by atoms with Crippen LogP contribution in [0.25, 0.3) is 0 Å². The van der Waals surface area contributed by atoms with E-state index >= 15 is 0 Å². The number of ether oxygens (including phenoxy) is 1. The van der Waals surface area contributed by atoms with Crippen LogP contribution in [0.5, 0.6) is 5.75 Å². The fourth-order valence-corrected chi connectivity index (χ4v) is 1.43. The number of nitrogen functional groups attached to an aromatic ring is 1. The molecule has 3 nitrogen and oxygen atoms in total. The van der Waals surface area contributed by atoms with Gasteiger partial charge in [0.1, 0.15) is 11.3 Å². The number of methoxy groups -OCH3 is 1. The van der Waals surface area contributed by atoms with Crippen LogP contribution in [-0.4, -0.2) is 12.9 Å². The second-order valence-electron chi connectivity index (χ2n) is 3.16. The van der Waals surface area contributed by atoms with Gasteiger partial charge in [0.15, 0.2) is 5.78 Å². The molecule has 0 fully saturated rings. The minimum absolute atomic E-state index is 0.208. The molecule has 0 bridgehead atoms. The molecule has 16 heavy (non-hydrogen) atoms. The number of carbonyl (C=O) groups is 1. The number of hydrogen-bond acceptors (Lipinski definition) is 3. The third kappa shape index (κ3) is 2.10. The fourth-order valence-electron chi connectivity index (χ4n) is 1.43. The van der Waals surface area contributed by atoms with Gasteiger partial charge < -0.3 is 10.5 Å². The van der Waals surface area contributed by atoms with E-state index in [4.69, 9.17) is 5.73 Å². The van der Waals surface area contributed by atoms with Crippen LogP contribution in [0.15, 0.2) is 12.1 Å². The SMILES string of the molecule is COc1ccc(N)c(C(C)=O)c1C(F)(F)F. The minimum atomic E-state index is -4.68. The van der Waals surface area contributed by atoms with Gasteiger partial charge in [-0.25, -0.2) is 0 Å². The standard InChI is InChI=1S/C10H10F3NO2/c1-5(15)8-6(14)3-4-7(16-2)9(8)10(11,12)13/h3-4H,14H2,1-2H3. The van der Waals surface area contributed by atoms with Crippen LogP contribution in [0.2, 0.25) is 0 Å². The van der Waals surface area contributed by atoms with Crippen LogP contribution < -0.4 is 10.5 Å². The molecule has 0 saturated carbocycles. The normalized spacial score (nSPS) is 11.3. The van der Waals surface area contributed by atoms with Gasteiger partial charge in [0, 0.05) is 5.69 Å². The van der Waals surface area contributed by atoms with E-state index in [0.717, 1.165) is 20.1 Å². The first kappa shape index (κ1) is 12.4. The van der Waals surface area contributed by atoms with Gasteiger partial charge in [-0.05, 0) is 19.1 Å². The summed E-state index contributed by atoms with van der Waals surface area (Å²) < 4.78 is 42.8. The van der Waals surface area contributed by atoms with Crippen LogP contribution in [-0.2, 0) is 6.18 Å². The van der Waals surface area contributed by atoms with E-state index in [9.17, 15) is 18.0 Å². The summed E-state index contributed by atoms with van der Waals surface area (Å²) in [5.41, 5.74) is 3.49. The minimum Gasteiger partial charge on any atom is -0.496 e. The van der Waals surface area contributed by atoms with E-state index in [1.807, 2.05) is 0 Å². The van der Waals surface area contributed by atoms with Crippen molar-refractivity contribution in [3.63, 3.8) is 0 Å². The van der Waals surface area contributed by atoms with Crippen molar-refractivity contribution in [2.75, 3.05) is 12.8 Å². The van der Waals surface area contributed by atoms with Crippen LogP contribution >= 0.6 is 0 Å². The third-order valence-electron chi connectivity index (χ3n) is 2.05. The fraction of sp³-hybridized carbons (Fsp3) is 0.300. The number of Topliss-reactive ketones (excluding diaryl/α,β-unsaturated/α-hetero) is 1. The summed E-state index contributed by atoms with van der Waals surface area (Å²) in [6.07, 6.45) is -4.68. The largest absolute Gasteiger partial charge is 0.496 e. The second-order valence-corrected chi connectivity index (χ2v) is 3.16. The van der Waals surface area contributed by atoms with E-state index in [1.54, 1.807) is 0 Å². The average molecular weight is 233 g/mol. The lowest BCUT2D eigenvalue weighted by Gasteiger charge is -2.16. The van der Waals surface area contributed by atoms with Crippen molar-refractivity contribution in [3.05, 3.63) is 23.3 Å². The maximum Gasteiger partial charge on any atom is 0.420 e. The summed E-state index contributed by atoms with van der Waals surface area (Å²) in [5.74, 6) is -1.16. The van der Waals surface area contributed by atoms with Crippen molar-refractivity contribution in [3.8, 4) is 5.75 Å². The third-order valence-corrected chi connectivity index (χ3v) is 2.05. The predicted octanol–water partition coefficient (Wildman–Crippen LogP) is 2.50. The molecule has 0 aliphatic rings. The molecule has 88 valence electrons. The molecule has 0 atom stereocenters. The number of nitrogens with two attached hydrogens (primary N) is 1. The molecule has 0 spiro atoms. The lowest BCUT2D eigenvalue weighted by atomic mass is 10.0. The molecule has 1 aromatic carbocycles. The molecular weight excluding hydrogens is 223 g/mol. The molecule has 2 N–H and O–H groups in total. The number of alkyl halides is 3. The summed E-state index contributed by atoms with van der Waals surface area (Å²) in [4.78, 5) is 11.2. The van der Waals surface area contributed by atoms with Gasteiger partial charge in [-0.1, -0.05) is 0 Å². The molecule has 0 heterocycles. The van der Waals surface area contributed by atoms with Crippen LogP contribution in [0.1, 0.15) is 22.8 Å². The molecule has 6 heteroatoms. The van der Waals surface area contributed by atoms with E-state index in [-0.39, 0.29) is 5.69 Å². The number of hydrogen-bond donors (Lipinski definition) is 1. The van der Waals surface area contributed by atoms with Gasteiger partial charge in [-0.15, -0.1) is 0 Å². The van der Waals surface area contributed by atoms with Crippen LogP contribution in [0.4, 0.5) is 18.9 Å². The van der Waals surface area contributed by atoms with Crippen molar-refractivity contribution in [2.45, 2.75) is 13.1 Å². The second kappa shape index (κ2) is 4.03. The summed E-state index contributed by atoms with van der Waals surface area (Å²) >= 11 is 0. The Morgan fingerprint density at radius 1 is 1.38 bits per heavy atom. The quantitative estimate of drug-likeness (QED) is 0.630. The van der Waals surface area contributed by atoms with Crippen molar-refractivity contribution in [2.24, 2.45) is 0 Å². The molecule has 0 aliphatic carbocycles. The van der Waals surface area contributed by atoms with Crippen molar-refractivity contribution in [1.82, 2.24) is 0 Å². The summed E-state index contributed by atoms with van der Waals surface area (Å²) in [6.45, 7) is 1.03. The zero-order valence-electron chi connectivity index (χ0n) is 8.68. The molecule has 0 aliphatic heterocycles. The van der Waals surface area contributed by atoms with E-state index < -0.39 is 28.8 Å². The van der Waals surface area contributed by atoms with E-state index in [1.165, 1.54) is 6.07 Å². The highest BCUT2D eigenvalue weighted by atomic mass is 19.4. The molecule has 0 amide bonds. The molecule has 0 saturated heterocycles. The Bertz CT molecular complexity index is 427. The zero-order chi connectivity index (χ0) is 12.5. The molecular formula is C10H10F3NO2. The summed E-state index contributed by atoms with van der Waals surface area (Å²) in [7, 11) is 1.10. The Balaban J connectivity index is 3.62. The number of ketones is 1. The summed E-state index contributed by atoms with van der Waals surface area (Å²) in [5, 5.41) is 0. The van der Waals surface area contributed by atoms with E-state index in [0.29, 0.717) is 0 Å². The zero-order valence-corrected chi connectivity index (χ0v) is 8.68. The van der Waals surface area contributed by atoms with Gasteiger partial charge in [0.2, 0.25) is 0 Å². The van der Waals surface area contributed by atoms with Gasteiger partial charge in [-0.3, -0.25) is 4.79 Å². The Morgan fingerprint density at radius 3 is 2.31 bits per heavy atom. The number of halogens is 3. The Labute approximate surface area is 90.0 Å². The smallest absolute Gasteiger partial charge is 0.420 e. The van der Waals surface area contributed by atoms with E-state index in [2.05, 4.69) is 4.74 Å². The van der Waals surface area contributed by atoms with Gasteiger partial charge in [-0.2, -0.15) is 13.2 Å². The topological polar surface area (TPSA) is 52.3 Å². The Hall–Kier alpha value is -1.72. The lowest BCUT2D eigenvalue weighted by molar-refractivity contribution is -0.139. The molecule has 0 aromatic heterocycles. The number of rotatable bonds is 2. The molecule has 1 aromatic rings. The van der Waals surface area contributed by atoms with Gasteiger partial charge in [0.05, 0.1) is 12.7 Å². The van der Waals surface area contributed by atoms with Crippen LogP contribution in [0, 0.1) is 0 Å².